The molecule has 1 saturated carbocycles. The van der Waals surface area contributed by atoms with Crippen molar-refractivity contribution in [2.75, 3.05) is 19.6 Å². The third kappa shape index (κ3) is 3.44. The van der Waals surface area contributed by atoms with E-state index in [9.17, 15) is 8.42 Å². The molecule has 3 N–H and O–H groups in total. The Morgan fingerprint density at radius 3 is 2.89 bits per heavy atom. The summed E-state index contributed by atoms with van der Waals surface area (Å²) >= 11 is 0. The Balaban J connectivity index is 1.87. The second-order valence-corrected chi connectivity index (χ2v) is 7.32. The molecule has 6 heteroatoms. The van der Waals surface area contributed by atoms with Gasteiger partial charge in [-0.1, -0.05) is 13.3 Å². The maximum absolute atomic E-state index is 12.2. The molecule has 0 radical (unpaired) electrons. The van der Waals surface area contributed by atoms with Crippen LogP contribution < -0.4 is 10.5 Å². The molecule has 0 spiro atoms. The second kappa shape index (κ2) is 5.86. The van der Waals surface area contributed by atoms with E-state index in [1.165, 1.54) is 0 Å². The fourth-order valence-electron chi connectivity index (χ4n) is 2.79. The first-order valence-electron chi connectivity index (χ1n) is 7.04. The smallest absolute Gasteiger partial charge is 0.279 e. The van der Waals surface area contributed by atoms with Gasteiger partial charge < -0.3 is 5.73 Å². The summed E-state index contributed by atoms with van der Waals surface area (Å²) in [5, 5.41) is 0. The number of hydrogen-bond donors (Lipinski definition) is 2. The molecular weight excluding hydrogens is 250 g/mol. The molecule has 2 fully saturated rings. The van der Waals surface area contributed by atoms with E-state index >= 15 is 0 Å². The predicted molar refractivity (Wildman–Crippen MR) is 72.2 cm³/mol. The molecular formula is C12H25N3O2S. The summed E-state index contributed by atoms with van der Waals surface area (Å²) in [6, 6.07) is 0.174. The molecule has 2 rings (SSSR count). The van der Waals surface area contributed by atoms with Crippen molar-refractivity contribution in [1.82, 2.24) is 9.03 Å². The first kappa shape index (κ1) is 14.2. The first-order chi connectivity index (χ1) is 8.56. The van der Waals surface area contributed by atoms with Crippen molar-refractivity contribution in [3.05, 3.63) is 0 Å². The normalized spacial score (nSPS) is 33.6. The molecule has 5 nitrogen and oxygen atoms in total. The maximum atomic E-state index is 12.2. The highest BCUT2D eigenvalue weighted by Crippen LogP contribution is 2.35. The Labute approximate surface area is 110 Å². The van der Waals surface area contributed by atoms with Gasteiger partial charge in [-0.15, -0.1) is 0 Å². The van der Waals surface area contributed by atoms with Crippen molar-refractivity contribution >= 4 is 10.2 Å². The average molecular weight is 275 g/mol. The van der Waals surface area contributed by atoms with Gasteiger partial charge in [-0.05, 0) is 44.1 Å². The standard InChI is InChI=1S/C12H25N3O2S/c1-2-4-11-7-12(11)14-18(16,17)15-6-3-5-10(8-13)9-15/h10-12,14H,2-9,13H2,1H3. The van der Waals surface area contributed by atoms with E-state index in [0.29, 0.717) is 31.5 Å². The van der Waals surface area contributed by atoms with Crippen LogP contribution in [0.5, 0.6) is 0 Å². The van der Waals surface area contributed by atoms with Gasteiger partial charge in [-0.3, -0.25) is 0 Å². The van der Waals surface area contributed by atoms with Crippen molar-refractivity contribution in [2.24, 2.45) is 17.6 Å². The topological polar surface area (TPSA) is 75.4 Å². The highest BCUT2D eigenvalue weighted by atomic mass is 32.2. The van der Waals surface area contributed by atoms with Crippen LogP contribution >= 0.6 is 0 Å². The van der Waals surface area contributed by atoms with Crippen LogP contribution in [0.4, 0.5) is 0 Å². The van der Waals surface area contributed by atoms with E-state index in [0.717, 1.165) is 32.1 Å². The molecule has 3 atom stereocenters. The SMILES string of the molecule is CCCC1CC1NS(=O)(=O)N1CCCC(CN)C1. The van der Waals surface area contributed by atoms with Crippen molar-refractivity contribution in [3.8, 4) is 0 Å². The third-order valence-corrected chi connectivity index (χ3v) is 5.65. The van der Waals surface area contributed by atoms with Gasteiger partial charge in [0, 0.05) is 19.1 Å². The highest BCUT2D eigenvalue weighted by molar-refractivity contribution is 7.87. The lowest BCUT2D eigenvalue weighted by molar-refractivity contribution is 0.268. The molecule has 2 aliphatic rings. The van der Waals surface area contributed by atoms with E-state index < -0.39 is 10.2 Å². The zero-order valence-corrected chi connectivity index (χ0v) is 12.0. The fraction of sp³-hybridized carbons (Fsp3) is 1.00. The Kier molecular flexibility index (Phi) is 4.64. The van der Waals surface area contributed by atoms with E-state index in [2.05, 4.69) is 11.6 Å². The molecule has 0 amide bonds. The van der Waals surface area contributed by atoms with Crippen molar-refractivity contribution in [1.29, 1.82) is 0 Å². The van der Waals surface area contributed by atoms with Gasteiger partial charge in [0.15, 0.2) is 0 Å². The van der Waals surface area contributed by atoms with E-state index in [4.69, 9.17) is 5.73 Å². The quantitative estimate of drug-likeness (QED) is 0.748. The Morgan fingerprint density at radius 1 is 1.44 bits per heavy atom. The molecule has 0 aromatic rings. The van der Waals surface area contributed by atoms with Crippen LogP contribution in [-0.4, -0.2) is 38.4 Å². The Morgan fingerprint density at radius 2 is 2.22 bits per heavy atom. The summed E-state index contributed by atoms with van der Waals surface area (Å²) < 4.78 is 28.9. The van der Waals surface area contributed by atoms with Crippen LogP contribution in [0.3, 0.4) is 0 Å². The van der Waals surface area contributed by atoms with Crippen molar-refractivity contribution < 1.29 is 8.42 Å². The Hall–Kier alpha value is -0.170. The van der Waals surface area contributed by atoms with Gasteiger partial charge >= 0.3 is 0 Å². The predicted octanol–water partition coefficient (Wildman–Crippen LogP) is 0.680. The second-order valence-electron chi connectivity index (χ2n) is 5.62. The summed E-state index contributed by atoms with van der Waals surface area (Å²) in [5.74, 6) is 0.876. The van der Waals surface area contributed by atoms with Crippen LogP contribution in [0.1, 0.15) is 39.0 Å². The maximum Gasteiger partial charge on any atom is 0.279 e. The molecule has 106 valence electrons. The van der Waals surface area contributed by atoms with Gasteiger partial charge in [0.05, 0.1) is 0 Å². The summed E-state index contributed by atoms with van der Waals surface area (Å²) in [5.41, 5.74) is 5.64. The molecule has 0 bridgehead atoms. The molecule has 18 heavy (non-hydrogen) atoms. The number of nitrogens with two attached hydrogens (primary N) is 1. The van der Waals surface area contributed by atoms with Crippen LogP contribution in [0.15, 0.2) is 0 Å². The van der Waals surface area contributed by atoms with Crippen LogP contribution in [-0.2, 0) is 10.2 Å². The lowest BCUT2D eigenvalue weighted by atomic mass is 10.0. The van der Waals surface area contributed by atoms with Crippen molar-refractivity contribution in [2.45, 2.75) is 45.1 Å². The molecule has 1 aliphatic carbocycles. The van der Waals surface area contributed by atoms with Crippen molar-refractivity contribution in [3.63, 3.8) is 0 Å². The monoisotopic (exact) mass is 275 g/mol. The zero-order chi connectivity index (χ0) is 13.2. The lowest BCUT2D eigenvalue weighted by Crippen LogP contribution is -2.48. The van der Waals surface area contributed by atoms with Gasteiger partial charge in [0.25, 0.3) is 10.2 Å². The van der Waals surface area contributed by atoms with Crippen LogP contribution in [0, 0.1) is 11.8 Å². The van der Waals surface area contributed by atoms with E-state index in [1.807, 2.05) is 0 Å². The van der Waals surface area contributed by atoms with Crippen LogP contribution in [0.2, 0.25) is 0 Å². The largest absolute Gasteiger partial charge is 0.330 e. The van der Waals surface area contributed by atoms with Gasteiger partial charge in [0.2, 0.25) is 0 Å². The highest BCUT2D eigenvalue weighted by Gasteiger charge is 2.41. The number of rotatable bonds is 6. The minimum Gasteiger partial charge on any atom is -0.330 e. The molecule has 0 aromatic heterocycles. The number of hydrogen-bond acceptors (Lipinski definition) is 3. The molecule has 1 aliphatic heterocycles. The Bertz CT molecular complexity index is 372. The fourth-order valence-corrected chi connectivity index (χ4v) is 4.38. The van der Waals surface area contributed by atoms with Crippen LogP contribution in [0.25, 0.3) is 0 Å². The van der Waals surface area contributed by atoms with Gasteiger partial charge in [-0.2, -0.15) is 17.4 Å². The summed E-state index contributed by atoms with van der Waals surface area (Å²) in [6.45, 7) is 3.93. The van der Waals surface area contributed by atoms with E-state index in [1.54, 1.807) is 4.31 Å². The number of nitrogens with zero attached hydrogens (tertiary/aromatic N) is 1. The minimum absolute atomic E-state index is 0.174. The summed E-state index contributed by atoms with van der Waals surface area (Å²) in [7, 11) is -3.29. The molecule has 0 aromatic carbocycles. The average Bonchev–Trinajstić information content (AvgIpc) is 3.07. The molecule has 1 saturated heterocycles. The molecule has 1 heterocycles. The molecule has 3 unspecified atom stereocenters. The minimum atomic E-state index is -3.29. The first-order valence-corrected chi connectivity index (χ1v) is 8.48. The summed E-state index contributed by atoms with van der Waals surface area (Å²) in [6.07, 6.45) is 5.22. The number of piperidine rings is 1. The lowest BCUT2D eigenvalue weighted by Gasteiger charge is -2.31. The third-order valence-electron chi connectivity index (χ3n) is 4.04. The number of nitrogens with one attached hydrogen (secondary N) is 1. The van der Waals surface area contributed by atoms with Gasteiger partial charge in [0.1, 0.15) is 0 Å². The van der Waals surface area contributed by atoms with E-state index in [-0.39, 0.29) is 6.04 Å². The summed E-state index contributed by atoms with van der Waals surface area (Å²) in [4.78, 5) is 0. The zero-order valence-electron chi connectivity index (χ0n) is 11.1. The van der Waals surface area contributed by atoms with Gasteiger partial charge in [-0.25, -0.2) is 0 Å².